The Kier molecular flexibility index (Phi) is 7.37. The number of ether oxygens (including phenoxy) is 1. The number of hydrogen-bond donors (Lipinski definition) is 3. The number of benzene rings is 1. The highest BCUT2D eigenvalue weighted by Crippen LogP contribution is 2.22. The smallest absolute Gasteiger partial charge is 0.170 e. The minimum absolute atomic E-state index is 0.181. The molecule has 1 unspecified atom stereocenters. The summed E-state index contributed by atoms with van der Waals surface area (Å²) in [5, 5.41) is 8.00. The molecule has 0 spiro atoms. The molecule has 0 aromatic heterocycles. The largest absolute Gasteiger partial charge is 0.365 e. The summed E-state index contributed by atoms with van der Waals surface area (Å²) < 4.78 is 5.82. The quantitative estimate of drug-likeness (QED) is 0.688. The molecule has 7 heteroatoms. The molecule has 0 radical (unpaired) electrons. The topological polar surface area (TPSA) is 37.7 Å². The molecular formula is C16H24Cl2N3OS+. The summed E-state index contributed by atoms with van der Waals surface area (Å²) in [6.07, 6.45) is 0.181. The van der Waals surface area contributed by atoms with E-state index in [9.17, 15) is 0 Å². The summed E-state index contributed by atoms with van der Waals surface area (Å²) >= 11 is 17.3. The highest BCUT2D eigenvalue weighted by Gasteiger charge is 2.24. The third kappa shape index (κ3) is 6.81. The average Bonchev–Trinajstić information content (AvgIpc) is 2.43. The van der Waals surface area contributed by atoms with Gasteiger partial charge in [0.25, 0.3) is 0 Å². The lowest BCUT2D eigenvalue weighted by molar-refractivity contribution is -0.914. The van der Waals surface area contributed by atoms with Crippen LogP contribution < -0.4 is 15.5 Å². The van der Waals surface area contributed by atoms with E-state index in [0.717, 1.165) is 25.4 Å². The van der Waals surface area contributed by atoms with Gasteiger partial charge in [-0.1, -0.05) is 37.0 Å². The van der Waals surface area contributed by atoms with Crippen molar-refractivity contribution in [2.24, 2.45) is 5.92 Å². The van der Waals surface area contributed by atoms with Gasteiger partial charge in [0, 0.05) is 28.2 Å². The van der Waals surface area contributed by atoms with E-state index in [4.69, 9.17) is 40.2 Å². The fraction of sp³-hybridized carbons (Fsp3) is 0.562. The molecule has 1 aromatic carbocycles. The minimum atomic E-state index is 0.181. The number of rotatable bonds is 5. The highest BCUT2D eigenvalue weighted by atomic mass is 35.5. The molecule has 1 fully saturated rings. The van der Waals surface area contributed by atoms with Gasteiger partial charge in [-0.25, -0.2) is 0 Å². The average molecular weight is 377 g/mol. The summed E-state index contributed by atoms with van der Waals surface area (Å²) in [5.41, 5.74) is 0.775. The van der Waals surface area contributed by atoms with Crippen LogP contribution in [-0.2, 0) is 4.74 Å². The van der Waals surface area contributed by atoms with E-state index in [2.05, 4.69) is 24.5 Å². The number of morpholine rings is 1. The van der Waals surface area contributed by atoms with Crippen molar-refractivity contribution >= 4 is 46.2 Å². The van der Waals surface area contributed by atoms with Crippen LogP contribution in [0, 0.1) is 5.92 Å². The van der Waals surface area contributed by atoms with E-state index in [1.807, 2.05) is 0 Å². The van der Waals surface area contributed by atoms with Gasteiger partial charge in [0.2, 0.25) is 0 Å². The fourth-order valence-electron chi connectivity index (χ4n) is 2.75. The van der Waals surface area contributed by atoms with E-state index < -0.39 is 0 Å². The van der Waals surface area contributed by atoms with Crippen LogP contribution in [-0.4, -0.2) is 44.0 Å². The second-order valence-electron chi connectivity index (χ2n) is 6.29. The molecule has 0 bridgehead atoms. The first-order chi connectivity index (χ1) is 10.9. The molecule has 1 aromatic rings. The molecule has 4 nitrogen and oxygen atoms in total. The van der Waals surface area contributed by atoms with Crippen LogP contribution in [0.15, 0.2) is 18.2 Å². The normalized spacial score (nSPS) is 21.3. The lowest BCUT2D eigenvalue weighted by Crippen LogP contribution is -3.15. The Balaban J connectivity index is 1.77. The van der Waals surface area contributed by atoms with E-state index in [0.29, 0.717) is 27.6 Å². The van der Waals surface area contributed by atoms with Crippen molar-refractivity contribution in [2.45, 2.75) is 20.0 Å². The maximum atomic E-state index is 5.98. The first kappa shape index (κ1) is 18.7. The van der Waals surface area contributed by atoms with Gasteiger partial charge in [-0.05, 0) is 30.4 Å². The molecular weight excluding hydrogens is 353 g/mol. The Morgan fingerprint density at radius 1 is 1.35 bits per heavy atom. The summed E-state index contributed by atoms with van der Waals surface area (Å²) in [7, 11) is 0. The Hall–Kier alpha value is -0.590. The van der Waals surface area contributed by atoms with Crippen LogP contribution >= 0.6 is 35.4 Å². The maximum Gasteiger partial charge on any atom is 0.170 e. The van der Waals surface area contributed by atoms with Gasteiger partial charge < -0.3 is 20.3 Å². The van der Waals surface area contributed by atoms with Crippen LogP contribution in [0.4, 0.5) is 5.69 Å². The Bertz CT molecular complexity index is 522. The molecule has 0 saturated carbocycles. The minimum Gasteiger partial charge on any atom is -0.365 e. The van der Waals surface area contributed by atoms with Gasteiger partial charge >= 0.3 is 0 Å². The Morgan fingerprint density at radius 3 is 2.70 bits per heavy atom. The van der Waals surface area contributed by atoms with E-state index in [-0.39, 0.29) is 6.10 Å². The summed E-state index contributed by atoms with van der Waals surface area (Å²) in [4.78, 5) is 1.60. The molecule has 23 heavy (non-hydrogen) atoms. The molecule has 128 valence electrons. The Labute approximate surface area is 153 Å². The molecule has 1 heterocycles. The van der Waals surface area contributed by atoms with Crippen LogP contribution in [0.3, 0.4) is 0 Å². The van der Waals surface area contributed by atoms with Crippen molar-refractivity contribution in [3.63, 3.8) is 0 Å². The summed E-state index contributed by atoms with van der Waals surface area (Å²) in [6, 6.07) is 5.26. The van der Waals surface area contributed by atoms with Crippen molar-refractivity contribution in [3.05, 3.63) is 28.2 Å². The maximum absolute atomic E-state index is 5.98. The molecule has 1 aliphatic rings. The molecule has 1 aliphatic heterocycles. The molecule has 0 aliphatic carbocycles. The third-order valence-corrected chi connectivity index (χ3v) is 4.32. The molecule has 0 amide bonds. The third-order valence-electron chi connectivity index (χ3n) is 3.63. The van der Waals surface area contributed by atoms with Gasteiger partial charge in [0.05, 0.1) is 13.2 Å². The predicted octanol–water partition coefficient (Wildman–Crippen LogP) is 2.22. The fourth-order valence-corrected chi connectivity index (χ4v) is 3.48. The summed E-state index contributed by atoms with van der Waals surface area (Å²) in [5.74, 6) is 0.701. The van der Waals surface area contributed by atoms with Crippen LogP contribution in [0.5, 0.6) is 0 Å². The number of quaternary nitrogens is 1. The van der Waals surface area contributed by atoms with E-state index >= 15 is 0 Å². The van der Waals surface area contributed by atoms with Crippen molar-refractivity contribution in [3.8, 4) is 0 Å². The number of thiocarbonyl (C=S) groups is 1. The zero-order chi connectivity index (χ0) is 16.8. The van der Waals surface area contributed by atoms with Gasteiger partial charge in [-0.15, -0.1) is 0 Å². The van der Waals surface area contributed by atoms with Crippen LogP contribution in [0.25, 0.3) is 0 Å². The van der Waals surface area contributed by atoms with Crippen molar-refractivity contribution in [1.82, 2.24) is 5.32 Å². The van der Waals surface area contributed by atoms with Crippen molar-refractivity contribution in [2.75, 3.05) is 38.1 Å². The number of halogens is 2. The van der Waals surface area contributed by atoms with E-state index in [1.54, 1.807) is 23.1 Å². The monoisotopic (exact) mass is 376 g/mol. The number of hydrogen-bond acceptors (Lipinski definition) is 2. The second kappa shape index (κ2) is 9.04. The summed E-state index contributed by atoms with van der Waals surface area (Å²) in [6.45, 7) is 9.29. The van der Waals surface area contributed by atoms with Crippen LogP contribution in [0.1, 0.15) is 13.8 Å². The number of nitrogens with one attached hydrogen (secondary N) is 3. The van der Waals surface area contributed by atoms with E-state index in [1.165, 1.54) is 6.54 Å². The molecule has 2 atom stereocenters. The van der Waals surface area contributed by atoms with Gasteiger partial charge in [0.15, 0.2) is 5.11 Å². The zero-order valence-electron chi connectivity index (χ0n) is 13.5. The second-order valence-corrected chi connectivity index (χ2v) is 7.57. The Morgan fingerprint density at radius 2 is 2.04 bits per heavy atom. The SMILES string of the molecule is CC(C)C[NH+]1CCO[C@@H](CNC(=S)Nc2cc(Cl)cc(Cl)c2)C1. The number of anilines is 1. The lowest BCUT2D eigenvalue weighted by atomic mass is 10.2. The first-order valence-electron chi connectivity index (χ1n) is 7.88. The molecule has 1 saturated heterocycles. The van der Waals surface area contributed by atoms with Crippen LogP contribution in [0.2, 0.25) is 10.0 Å². The molecule has 3 N–H and O–H groups in total. The van der Waals surface area contributed by atoms with Gasteiger partial charge in [0.1, 0.15) is 19.2 Å². The first-order valence-corrected chi connectivity index (χ1v) is 9.05. The van der Waals surface area contributed by atoms with Crippen molar-refractivity contribution < 1.29 is 9.64 Å². The predicted molar refractivity (Wildman–Crippen MR) is 101 cm³/mol. The van der Waals surface area contributed by atoms with Gasteiger partial charge in [-0.2, -0.15) is 0 Å². The van der Waals surface area contributed by atoms with Gasteiger partial charge in [-0.3, -0.25) is 0 Å². The molecule has 2 rings (SSSR count). The standard InChI is InChI=1S/C16H23Cl2N3OS/c1-11(2)9-21-3-4-22-15(10-21)8-19-16(23)20-14-6-12(17)5-13(18)7-14/h5-7,11,15H,3-4,8-10H2,1-2H3,(H2,19,20,23)/p+1/t15-/m0/s1. The lowest BCUT2D eigenvalue weighted by Gasteiger charge is -2.31. The highest BCUT2D eigenvalue weighted by molar-refractivity contribution is 7.80. The zero-order valence-corrected chi connectivity index (χ0v) is 15.8. The van der Waals surface area contributed by atoms with Crippen molar-refractivity contribution in [1.29, 1.82) is 0 Å².